The molecule has 1 unspecified atom stereocenters. The van der Waals surface area contributed by atoms with E-state index in [1.54, 1.807) is 0 Å². The van der Waals surface area contributed by atoms with Crippen LogP contribution in [0.4, 0.5) is 0 Å². The molecule has 1 rings (SSSR count). The van der Waals surface area contributed by atoms with E-state index < -0.39 is 0 Å². The monoisotopic (exact) mass is 311 g/mol. The summed E-state index contributed by atoms with van der Waals surface area (Å²) in [5, 5.41) is 4.23. The van der Waals surface area contributed by atoms with Crippen molar-refractivity contribution in [1.82, 2.24) is 0 Å². The molecular formula is C18H33NO3. The van der Waals surface area contributed by atoms with Gasteiger partial charge in [-0.3, -0.25) is 4.79 Å². The predicted octanol–water partition coefficient (Wildman–Crippen LogP) is 4.86. The third kappa shape index (κ3) is 8.40. The van der Waals surface area contributed by atoms with Gasteiger partial charge in [0.1, 0.15) is 6.61 Å². The molecule has 0 spiro atoms. The van der Waals surface area contributed by atoms with Crippen LogP contribution in [0.5, 0.6) is 0 Å². The normalized spacial score (nSPS) is 17.2. The molecule has 0 saturated carbocycles. The van der Waals surface area contributed by atoms with Crippen LogP contribution in [0.1, 0.15) is 84.0 Å². The van der Waals surface area contributed by atoms with Crippen molar-refractivity contribution in [2.24, 2.45) is 11.1 Å². The van der Waals surface area contributed by atoms with Gasteiger partial charge in [-0.05, 0) is 25.7 Å². The van der Waals surface area contributed by atoms with Gasteiger partial charge in [0, 0.05) is 12.3 Å². The lowest BCUT2D eigenvalue weighted by atomic mass is 9.93. The average Bonchev–Trinajstić information content (AvgIpc) is 2.97. The van der Waals surface area contributed by atoms with E-state index in [1.807, 2.05) is 0 Å². The summed E-state index contributed by atoms with van der Waals surface area (Å²) >= 11 is 0. The number of unbranched alkanes of at least 4 members (excludes halogenated alkanes) is 7. The lowest BCUT2D eigenvalue weighted by Crippen LogP contribution is -2.13. The number of oxime groups is 1. The van der Waals surface area contributed by atoms with Crippen LogP contribution in [0.2, 0.25) is 0 Å². The zero-order valence-corrected chi connectivity index (χ0v) is 14.4. The number of methoxy groups -OCH3 is 1. The maximum absolute atomic E-state index is 11.0. The first-order valence-electron chi connectivity index (χ1n) is 9.03. The van der Waals surface area contributed by atoms with Crippen LogP contribution in [-0.2, 0) is 14.4 Å². The second-order valence-electron chi connectivity index (χ2n) is 6.27. The van der Waals surface area contributed by atoms with Crippen LogP contribution in [0, 0.1) is 5.92 Å². The van der Waals surface area contributed by atoms with Gasteiger partial charge in [-0.2, -0.15) is 0 Å². The number of nitrogens with zero attached hydrogens (tertiary/aromatic N) is 1. The van der Waals surface area contributed by atoms with Crippen molar-refractivity contribution in [3.8, 4) is 0 Å². The fraction of sp³-hybridized carbons (Fsp3) is 0.889. The highest BCUT2D eigenvalue weighted by Gasteiger charge is 2.21. The quantitative estimate of drug-likeness (QED) is 0.360. The summed E-state index contributed by atoms with van der Waals surface area (Å²) in [4.78, 5) is 16.3. The highest BCUT2D eigenvalue weighted by Crippen LogP contribution is 2.22. The molecule has 0 N–H and O–H groups in total. The lowest BCUT2D eigenvalue weighted by molar-refractivity contribution is -0.140. The Morgan fingerprint density at radius 3 is 2.59 bits per heavy atom. The molecule has 4 heteroatoms. The molecule has 0 aliphatic carbocycles. The third-order valence-corrected chi connectivity index (χ3v) is 4.38. The number of rotatable bonds is 13. The molecule has 0 fully saturated rings. The van der Waals surface area contributed by atoms with E-state index in [0.29, 0.717) is 12.3 Å². The van der Waals surface area contributed by atoms with Crippen molar-refractivity contribution >= 4 is 11.7 Å². The van der Waals surface area contributed by atoms with Crippen molar-refractivity contribution in [2.75, 3.05) is 13.7 Å². The summed E-state index contributed by atoms with van der Waals surface area (Å²) in [7, 11) is 1.45. The van der Waals surface area contributed by atoms with E-state index >= 15 is 0 Å². The van der Waals surface area contributed by atoms with Gasteiger partial charge in [-0.25, -0.2) is 0 Å². The number of esters is 1. The van der Waals surface area contributed by atoms with Gasteiger partial charge in [0.25, 0.3) is 0 Å². The van der Waals surface area contributed by atoms with Crippen molar-refractivity contribution in [2.45, 2.75) is 84.0 Å². The minimum Gasteiger partial charge on any atom is -0.469 e. The lowest BCUT2D eigenvalue weighted by Gasteiger charge is -2.10. The summed E-state index contributed by atoms with van der Waals surface area (Å²) in [5.74, 6) is 0.479. The number of hydrogen-bond donors (Lipinski definition) is 0. The highest BCUT2D eigenvalue weighted by atomic mass is 16.6. The van der Waals surface area contributed by atoms with Gasteiger partial charge >= 0.3 is 5.97 Å². The minimum atomic E-state index is -0.0869. The summed E-state index contributed by atoms with van der Waals surface area (Å²) in [6, 6.07) is 0. The Kier molecular flexibility index (Phi) is 10.8. The van der Waals surface area contributed by atoms with Crippen LogP contribution >= 0.6 is 0 Å². The van der Waals surface area contributed by atoms with Gasteiger partial charge in [-0.15, -0.1) is 0 Å². The van der Waals surface area contributed by atoms with Crippen LogP contribution in [0.3, 0.4) is 0 Å². The molecule has 1 aliphatic rings. The second-order valence-corrected chi connectivity index (χ2v) is 6.27. The number of carbonyl (C=O) groups excluding carboxylic acids is 1. The number of ether oxygens (including phenoxy) is 1. The van der Waals surface area contributed by atoms with Crippen LogP contribution in [0.25, 0.3) is 0 Å². The first-order chi connectivity index (χ1) is 10.8. The summed E-state index contributed by atoms with van der Waals surface area (Å²) in [6.07, 6.45) is 13.8. The first-order valence-corrected chi connectivity index (χ1v) is 9.03. The third-order valence-electron chi connectivity index (χ3n) is 4.38. The molecule has 0 aromatic rings. The van der Waals surface area contributed by atoms with E-state index in [1.165, 1.54) is 64.2 Å². The smallest absolute Gasteiger partial charge is 0.305 e. The molecule has 0 bridgehead atoms. The predicted molar refractivity (Wildman–Crippen MR) is 90.0 cm³/mol. The topological polar surface area (TPSA) is 47.9 Å². The van der Waals surface area contributed by atoms with Crippen molar-refractivity contribution in [3.63, 3.8) is 0 Å². The van der Waals surface area contributed by atoms with E-state index in [4.69, 9.17) is 4.84 Å². The molecule has 0 amide bonds. The molecule has 1 heterocycles. The van der Waals surface area contributed by atoms with E-state index in [2.05, 4.69) is 16.8 Å². The molecular weight excluding hydrogens is 278 g/mol. The summed E-state index contributed by atoms with van der Waals surface area (Å²) in [5.41, 5.74) is 1.30. The maximum atomic E-state index is 11.0. The molecule has 0 radical (unpaired) electrons. The Balaban J connectivity index is 1.95. The SMILES string of the molecule is CCCCCC1=NOCC1CCCCCCCCC(=O)OC. The van der Waals surface area contributed by atoms with Gasteiger partial charge in [-0.1, -0.05) is 57.0 Å². The van der Waals surface area contributed by atoms with E-state index in [9.17, 15) is 4.79 Å². The Hall–Kier alpha value is -1.06. The zero-order valence-electron chi connectivity index (χ0n) is 14.4. The Labute approximate surface area is 135 Å². The molecule has 0 aromatic heterocycles. The Morgan fingerprint density at radius 1 is 1.14 bits per heavy atom. The van der Waals surface area contributed by atoms with Gasteiger partial charge < -0.3 is 9.57 Å². The zero-order chi connectivity index (χ0) is 16.0. The molecule has 4 nitrogen and oxygen atoms in total. The minimum absolute atomic E-state index is 0.0869. The second kappa shape index (κ2) is 12.5. The number of carbonyl (C=O) groups is 1. The largest absolute Gasteiger partial charge is 0.469 e. The Bertz CT molecular complexity index is 328. The van der Waals surface area contributed by atoms with E-state index in [0.717, 1.165) is 25.9 Å². The molecule has 128 valence electrons. The standard InChI is InChI=1S/C18H33NO3/c1-3-4-9-13-17-16(15-22-19-17)12-10-7-5-6-8-11-14-18(20)21-2/h16H,3-15H2,1-2H3. The van der Waals surface area contributed by atoms with Crippen molar-refractivity contribution in [1.29, 1.82) is 0 Å². The molecule has 1 aliphatic heterocycles. The summed E-state index contributed by atoms with van der Waals surface area (Å²) in [6.45, 7) is 3.02. The van der Waals surface area contributed by atoms with Crippen LogP contribution in [-0.4, -0.2) is 25.4 Å². The van der Waals surface area contributed by atoms with Gasteiger partial charge in [0.2, 0.25) is 0 Å². The average molecular weight is 311 g/mol. The van der Waals surface area contributed by atoms with Crippen LogP contribution in [0.15, 0.2) is 5.16 Å². The van der Waals surface area contributed by atoms with E-state index in [-0.39, 0.29) is 5.97 Å². The number of hydrogen-bond acceptors (Lipinski definition) is 4. The fourth-order valence-corrected chi connectivity index (χ4v) is 2.91. The molecule has 0 saturated heterocycles. The molecule has 1 atom stereocenters. The molecule has 0 aromatic carbocycles. The van der Waals surface area contributed by atoms with Crippen molar-refractivity contribution in [3.05, 3.63) is 0 Å². The Morgan fingerprint density at radius 2 is 1.86 bits per heavy atom. The molecule has 22 heavy (non-hydrogen) atoms. The first kappa shape index (κ1) is 19.0. The van der Waals surface area contributed by atoms with Crippen LogP contribution < -0.4 is 0 Å². The fourth-order valence-electron chi connectivity index (χ4n) is 2.91. The highest BCUT2D eigenvalue weighted by molar-refractivity contribution is 5.87. The maximum Gasteiger partial charge on any atom is 0.305 e. The van der Waals surface area contributed by atoms with Gasteiger partial charge in [0.15, 0.2) is 0 Å². The van der Waals surface area contributed by atoms with Gasteiger partial charge in [0.05, 0.1) is 12.8 Å². The summed E-state index contributed by atoms with van der Waals surface area (Å²) < 4.78 is 4.64. The van der Waals surface area contributed by atoms with Crippen molar-refractivity contribution < 1.29 is 14.4 Å².